The summed E-state index contributed by atoms with van der Waals surface area (Å²) in [6.07, 6.45) is -2.74. The molecule has 2 rings (SSSR count). The third kappa shape index (κ3) is 0.588. The molecule has 2 N–H and O–H groups in total. The largest absolute Gasteiger partial charge is 0.390 e. The van der Waals surface area contributed by atoms with Crippen LogP contribution in [0.1, 0.15) is 6.42 Å². The standard InChI is InChI=1S/C6H9FO3/c7-3-2-10-6(5(3)9)1-4(6)8/h3-5,8-9H,1-2H2/t3-,4?,5+,6?/m1/s1. The molecule has 58 valence electrons. The molecule has 4 atom stereocenters. The van der Waals surface area contributed by atoms with Gasteiger partial charge in [0.2, 0.25) is 0 Å². The number of aliphatic hydroxyl groups is 2. The van der Waals surface area contributed by atoms with Crippen LogP contribution in [0, 0.1) is 0 Å². The lowest BCUT2D eigenvalue weighted by Crippen LogP contribution is -2.32. The third-order valence-corrected chi connectivity index (χ3v) is 2.27. The fourth-order valence-corrected chi connectivity index (χ4v) is 1.43. The van der Waals surface area contributed by atoms with Gasteiger partial charge >= 0.3 is 0 Å². The number of ether oxygens (including phenoxy) is 1. The molecular formula is C6H9FO3. The monoisotopic (exact) mass is 148 g/mol. The van der Waals surface area contributed by atoms with Gasteiger partial charge in [-0.05, 0) is 0 Å². The molecule has 2 aliphatic rings. The highest BCUT2D eigenvalue weighted by molar-refractivity contribution is 5.15. The summed E-state index contributed by atoms with van der Waals surface area (Å²) in [7, 11) is 0. The molecular weight excluding hydrogens is 139 g/mol. The Morgan fingerprint density at radius 3 is 2.30 bits per heavy atom. The maximum Gasteiger partial charge on any atom is 0.152 e. The highest BCUT2D eigenvalue weighted by Gasteiger charge is 2.66. The molecule has 0 bridgehead atoms. The van der Waals surface area contributed by atoms with Crippen molar-refractivity contribution < 1.29 is 19.3 Å². The van der Waals surface area contributed by atoms with Crippen molar-refractivity contribution in [3.8, 4) is 0 Å². The molecule has 4 heteroatoms. The van der Waals surface area contributed by atoms with Crippen LogP contribution in [-0.4, -0.2) is 40.8 Å². The molecule has 0 radical (unpaired) electrons. The van der Waals surface area contributed by atoms with E-state index in [2.05, 4.69) is 0 Å². The Morgan fingerprint density at radius 1 is 1.50 bits per heavy atom. The van der Waals surface area contributed by atoms with E-state index in [4.69, 9.17) is 14.9 Å². The van der Waals surface area contributed by atoms with Gasteiger partial charge in [-0.15, -0.1) is 0 Å². The second-order valence-corrected chi connectivity index (χ2v) is 2.95. The molecule has 0 aromatic rings. The number of hydrogen-bond acceptors (Lipinski definition) is 3. The van der Waals surface area contributed by atoms with Crippen molar-refractivity contribution >= 4 is 0 Å². The predicted molar refractivity (Wildman–Crippen MR) is 30.2 cm³/mol. The van der Waals surface area contributed by atoms with Gasteiger partial charge in [-0.1, -0.05) is 0 Å². The minimum absolute atomic E-state index is 0.0851. The van der Waals surface area contributed by atoms with E-state index in [9.17, 15) is 4.39 Å². The van der Waals surface area contributed by atoms with Gasteiger partial charge < -0.3 is 14.9 Å². The van der Waals surface area contributed by atoms with E-state index in [1.807, 2.05) is 0 Å². The minimum atomic E-state index is -1.32. The zero-order valence-corrected chi connectivity index (χ0v) is 5.33. The van der Waals surface area contributed by atoms with Gasteiger partial charge in [0.1, 0.15) is 11.7 Å². The molecule has 3 nitrogen and oxygen atoms in total. The molecule has 0 aromatic carbocycles. The van der Waals surface area contributed by atoms with E-state index in [0.29, 0.717) is 6.42 Å². The molecule has 1 aliphatic carbocycles. The zero-order chi connectivity index (χ0) is 7.35. The van der Waals surface area contributed by atoms with Crippen LogP contribution in [0.5, 0.6) is 0 Å². The molecule has 2 unspecified atom stereocenters. The highest BCUT2D eigenvalue weighted by Crippen LogP contribution is 2.48. The van der Waals surface area contributed by atoms with Crippen molar-refractivity contribution in [2.45, 2.75) is 30.4 Å². The quantitative estimate of drug-likeness (QED) is 0.473. The first-order valence-electron chi connectivity index (χ1n) is 3.31. The fourth-order valence-electron chi connectivity index (χ4n) is 1.43. The van der Waals surface area contributed by atoms with E-state index in [1.54, 1.807) is 0 Å². The van der Waals surface area contributed by atoms with Crippen molar-refractivity contribution in [1.82, 2.24) is 0 Å². The van der Waals surface area contributed by atoms with E-state index in [-0.39, 0.29) is 6.61 Å². The van der Waals surface area contributed by atoms with Crippen molar-refractivity contribution in [1.29, 1.82) is 0 Å². The first-order chi connectivity index (χ1) is 4.67. The lowest BCUT2D eigenvalue weighted by Gasteiger charge is -2.11. The Labute approximate surface area is 57.4 Å². The van der Waals surface area contributed by atoms with Crippen LogP contribution in [0.3, 0.4) is 0 Å². The highest BCUT2D eigenvalue weighted by atomic mass is 19.1. The van der Waals surface area contributed by atoms with E-state index in [0.717, 1.165) is 0 Å². The van der Waals surface area contributed by atoms with E-state index >= 15 is 0 Å². The summed E-state index contributed by atoms with van der Waals surface area (Å²) in [5.74, 6) is 0. The number of hydrogen-bond donors (Lipinski definition) is 2. The summed E-state index contributed by atoms with van der Waals surface area (Å²) in [6, 6.07) is 0. The van der Waals surface area contributed by atoms with Crippen LogP contribution < -0.4 is 0 Å². The molecule has 10 heavy (non-hydrogen) atoms. The van der Waals surface area contributed by atoms with Gasteiger partial charge in [0.25, 0.3) is 0 Å². The van der Waals surface area contributed by atoms with Crippen molar-refractivity contribution in [3.63, 3.8) is 0 Å². The zero-order valence-electron chi connectivity index (χ0n) is 5.33. The smallest absolute Gasteiger partial charge is 0.152 e. The normalized spacial score (nSPS) is 59.7. The van der Waals surface area contributed by atoms with Crippen LogP contribution in [-0.2, 0) is 4.74 Å². The Hall–Kier alpha value is -0.190. The van der Waals surface area contributed by atoms with E-state index in [1.165, 1.54) is 0 Å². The van der Waals surface area contributed by atoms with Crippen LogP contribution in [0.15, 0.2) is 0 Å². The summed E-state index contributed by atoms with van der Waals surface area (Å²) < 4.78 is 17.5. The van der Waals surface area contributed by atoms with Crippen molar-refractivity contribution in [3.05, 3.63) is 0 Å². The lowest BCUT2D eigenvalue weighted by molar-refractivity contribution is -0.0139. The minimum Gasteiger partial charge on any atom is -0.390 e. The summed E-state index contributed by atoms with van der Waals surface area (Å²) in [5, 5.41) is 18.1. The van der Waals surface area contributed by atoms with Crippen molar-refractivity contribution in [2.75, 3.05) is 6.61 Å². The number of aliphatic hydroxyl groups excluding tert-OH is 2. The molecule has 1 heterocycles. The molecule has 2 fully saturated rings. The van der Waals surface area contributed by atoms with Crippen LogP contribution in [0.25, 0.3) is 0 Å². The lowest BCUT2D eigenvalue weighted by atomic mass is 10.1. The molecule has 0 amide bonds. The molecule has 0 aromatic heterocycles. The summed E-state index contributed by atoms with van der Waals surface area (Å²) in [5.41, 5.74) is -0.931. The van der Waals surface area contributed by atoms with Gasteiger partial charge in [0.05, 0.1) is 12.7 Å². The van der Waals surface area contributed by atoms with Crippen LogP contribution in [0.4, 0.5) is 4.39 Å². The Kier molecular flexibility index (Phi) is 1.10. The maximum atomic E-state index is 12.5. The van der Waals surface area contributed by atoms with Crippen LogP contribution >= 0.6 is 0 Å². The molecule has 1 saturated heterocycles. The summed E-state index contributed by atoms with van der Waals surface area (Å²) >= 11 is 0. The van der Waals surface area contributed by atoms with Gasteiger partial charge in [-0.3, -0.25) is 0 Å². The Morgan fingerprint density at radius 2 is 2.10 bits per heavy atom. The van der Waals surface area contributed by atoms with Crippen LogP contribution in [0.2, 0.25) is 0 Å². The molecule has 1 spiro atoms. The second kappa shape index (κ2) is 1.69. The SMILES string of the molecule is OC1CC12OC[C@@H](F)[C@@H]2O. The summed E-state index contributed by atoms with van der Waals surface area (Å²) in [6.45, 7) is -0.0851. The number of halogens is 1. The first-order valence-corrected chi connectivity index (χ1v) is 3.31. The summed E-state index contributed by atoms with van der Waals surface area (Å²) in [4.78, 5) is 0. The Bertz CT molecular complexity index is 163. The van der Waals surface area contributed by atoms with Gasteiger partial charge in [-0.25, -0.2) is 4.39 Å². The van der Waals surface area contributed by atoms with Gasteiger partial charge in [0.15, 0.2) is 6.17 Å². The first kappa shape index (κ1) is 6.52. The number of alkyl halides is 1. The third-order valence-electron chi connectivity index (χ3n) is 2.27. The molecule has 1 saturated carbocycles. The van der Waals surface area contributed by atoms with Crippen molar-refractivity contribution in [2.24, 2.45) is 0 Å². The van der Waals surface area contributed by atoms with Gasteiger partial charge in [0, 0.05) is 6.42 Å². The van der Waals surface area contributed by atoms with E-state index < -0.39 is 24.0 Å². The predicted octanol–water partition coefficient (Wildman–Crippen LogP) is -0.781. The number of rotatable bonds is 0. The average molecular weight is 148 g/mol. The topological polar surface area (TPSA) is 49.7 Å². The second-order valence-electron chi connectivity index (χ2n) is 2.95. The fraction of sp³-hybridized carbons (Fsp3) is 1.00. The van der Waals surface area contributed by atoms with Gasteiger partial charge in [-0.2, -0.15) is 0 Å². The molecule has 1 aliphatic heterocycles. The average Bonchev–Trinajstić information content (AvgIpc) is 2.48. The maximum absolute atomic E-state index is 12.5. The Balaban J connectivity index is 2.13.